The second kappa shape index (κ2) is 9.61. The predicted octanol–water partition coefficient (Wildman–Crippen LogP) is 5.79. The van der Waals surface area contributed by atoms with Gasteiger partial charge in [0.1, 0.15) is 17.7 Å². The highest BCUT2D eigenvalue weighted by Gasteiger charge is 2.31. The Morgan fingerprint density at radius 3 is 2.16 bits per heavy atom. The van der Waals surface area contributed by atoms with E-state index in [1.807, 2.05) is 35.2 Å². The van der Waals surface area contributed by atoms with E-state index in [0.29, 0.717) is 44.2 Å². The van der Waals surface area contributed by atoms with Crippen molar-refractivity contribution < 1.29 is 22.3 Å². The van der Waals surface area contributed by atoms with Crippen LogP contribution in [0, 0.1) is 5.82 Å². The van der Waals surface area contributed by atoms with Gasteiger partial charge in [0.2, 0.25) is 0 Å². The molecule has 0 aromatic heterocycles. The van der Waals surface area contributed by atoms with Crippen molar-refractivity contribution in [1.82, 2.24) is 4.90 Å². The summed E-state index contributed by atoms with van der Waals surface area (Å²) in [6, 6.07) is 21.2. The fraction of sp³-hybridized carbons (Fsp3) is 0.280. The normalized spacial score (nSPS) is 16.1. The minimum atomic E-state index is -4.35. The number of alkyl halides is 3. The molecule has 0 spiro atoms. The minimum absolute atomic E-state index is 0.248. The fourth-order valence-corrected chi connectivity index (χ4v) is 3.86. The molecule has 1 unspecified atom stereocenters. The zero-order valence-corrected chi connectivity index (χ0v) is 17.4. The number of benzene rings is 3. The Balaban J connectivity index is 1.42. The quantitative estimate of drug-likeness (QED) is 0.448. The first-order valence-corrected chi connectivity index (χ1v) is 10.5. The van der Waals surface area contributed by atoms with E-state index in [9.17, 15) is 17.6 Å². The summed E-state index contributed by atoms with van der Waals surface area (Å²) in [4.78, 5) is 4.22. The van der Waals surface area contributed by atoms with Crippen LogP contribution in [0.5, 0.6) is 5.75 Å². The van der Waals surface area contributed by atoms with E-state index in [0.717, 1.165) is 11.6 Å². The Bertz CT molecular complexity index is 1000. The molecule has 0 saturated carbocycles. The van der Waals surface area contributed by atoms with Crippen molar-refractivity contribution in [2.45, 2.75) is 12.3 Å². The Kier molecular flexibility index (Phi) is 6.65. The van der Waals surface area contributed by atoms with Crippen LogP contribution in [0.15, 0.2) is 78.9 Å². The van der Waals surface area contributed by atoms with Gasteiger partial charge in [0, 0.05) is 38.4 Å². The largest absolute Gasteiger partial charge is 0.484 e. The second-order valence-corrected chi connectivity index (χ2v) is 7.81. The molecule has 1 atom stereocenters. The van der Waals surface area contributed by atoms with E-state index < -0.39 is 11.7 Å². The van der Waals surface area contributed by atoms with Gasteiger partial charge in [-0.25, -0.2) is 4.39 Å². The molecule has 3 nitrogen and oxygen atoms in total. The topological polar surface area (TPSA) is 15.7 Å². The van der Waals surface area contributed by atoms with Crippen molar-refractivity contribution in [3.8, 4) is 5.75 Å². The van der Waals surface area contributed by atoms with Crippen LogP contribution in [0.2, 0.25) is 0 Å². The summed E-state index contributed by atoms with van der Waals surface area (Å²) in [5.74, 6) is 0.266. The van der Waals surface area contributed by atoms with E-state index in [1.165, 1.54) is 24.3 Å². The van der Waals surface area contributed by atoms with Gasteiger partial charge < -0.3 is 9.64 Å². The molecule has 3 aromatic rings. The first kappa shape index (κ1) is 22.1. The first-order chi connectivity index (χ1) is 15.4. The molecule has 168 valence electrons. The number of halogens is 4. The Hall–Kier alpha value is -3.06. The van der Waals surface area contributed by atoms with Gasteiger partial charge in [0.25, 0.3) is 0 Å². The van der Waals surface area contributed by atoms with E-state index >= 15 is 0 Å². The summed E-state index contributed by atoms with van der Waals surface area (Å²) in [7, 11) is 0. The van der Waals surface area contributed by atoms with Gasteiger partial charge >= 0.3 is 6.18 Å². The average molecular weight is 444 g/mol. The Morgan fingerprint density at radius 1 is 0.812 bits per heavy atom. The van der Waals surface area contributed by atoms with Crippen LogP contribution < -0.4 is 9.64 Å². The zero-order valence-electron chi connectivity index (χ0n) is 17.4. The molecule has 0 amide bonds. The molecular weight excluding hydrogens is 420 g/mol. The highest BCUT2D eigenvalue weighted by molar-refractivity contribution is 5.49. The molecule has 4 rings (SSSR count). The summed E-state index contributed by atoms with van der Waals surface area (Å²) in [6.07, 6.45) is -4.60. The number of piperazine rings is 1. The van der Waals surface area contributed by atoms with Crippen molar-refractivity contribution >= 4 is 5.69 Å². The summed E-state index contributed by atoms with van der Waals surface area (Å²) in [5.41, 5.74) is 0.966. The fourth-order valence-electron chi connectivity index (χ4n) is 3.86. The lowest BCUT2D eigenvalue weighted by Gasteiger charge is -2.37. The van der Waals surface area contributed by atoms with Gasteiger partial charge in [-0.05, 0) is 48.0 Å². The molecule has 0 radical (unpaired) electrons. The maximum absolute atomic E-state index is 13.3. The molecule has 1 aliphatic rings. The smallest absolute Gasteiger partial charge is 0.416 e. The number of hydrogen-bond acceptors (Lipinski definition) is 3. The highest BCUT2D eigenvalue weighted by atomic mass is 19.4. The van der Waals surface area contributed by atoms with Gasteiger partial charge in [0.05, 0.1) is 5.56 Å². The number of anilines is 1. The number of rotatable bonds is 6. The summed E-state index contributed by atoms with van der Waals surface area (Å²) >= 11 is 0. The SMILES string of the molecule is Fc1ccc(OC(CN2CCN(c3cccc(C(F)(F)F)c3)CC2)c2ccccc2)cc1. The van der Waals surface area contributed by atoms with Gasteiger partial charge in [-0.1, -0.05) is 36.4 Å². The van der Waals surface area contributed by atoms with Crippen LogP contribution in [0.3, 0.4) is 0 Å². The van der Waals surface area contributed by atoms with Crippen molar-refractivity contribution in [2.24, 2.45) is 0 Å². The third kappa shape index (κ3) is 5.59. The molecule has 7 heteroatoms. The van der Waals surface area contributed by atoms with Crippen LogP contribution in [0.25, 0.3) is 0 Å². The molecule has 0 bridgehead atoms. The van der Waals surface area contributed by atoms with Crippen LogP contribution >= 0.6 is 0 Å². The van der Waals surface area contributed by atoms with Crippen molar-refractivity contribution in [3.63, 3.8) is 0 Å². The van der Waals surface area contributed by atoms with Gasteiger partial charge in [0.15, 0.2) is 0 Å². The van der Waals surface area contributed by atoms with E-state index in [-0.39, 0.29) is 11.9 Å². The summed E-state index contributed by atoms with van der Waals surface area (Å²) < 4.78 is 58.6. The summed E-state index contributed by atoms with van der Waals surface area (Å²) in [6.45, 7) is 3.27. The maximum atomic E-state index is 13.3. The standard InChI is InChI=1S/C25H24F4N2O/c26-21-9-11-23(12-10-21)32-24(19-5-2-1-3-6-19)18-30-13-15-31(16-14-30)22-8-4-7-20(17-22)25(27,28)29/h1-12,17,24H,13-16,18H2. The third-order valence-corrected chi connectivity index (χ3v) is 5.60. The first-order valence-electron chi connectivity index (χ1n) is 10.5. The number of nitrogens with zero attached hydrogens (tertiary/aromatic N) is 2. The van der Waals surface area contributed by atoms with Gasteiger partial charge in [-0.2, -0.15) is 13.2 Å². The third-order valence-electron chi connectivity index (χ3n) is 5.60. The Morgan fingerprint density at radius 2 is 1.50 bits per heavy atom. The maximum Gasteiger partial charge on any atom is 0.416 e. The van der Waals surface area contributed by atoms with Crippen molar-refractivity contribution in [1.29, 1.82) is 0 Å². The molecule has 1 heterocycles. The van der Waals surface area contributed by atoms with Crippen LogP contribution in [-0.4, -0.2) is 37.6 Å². The molecular formula is C25H24F4N2O. The lowest BCUT2D eigenvalue weighted by molar-refractivity contribution is -0.137. The Labute approximate surface area is 184 Å². The lowest BCUT2D eigenvalue weighted by atomic mass is 10.1. The molecule has 0 aliphatic carbocycles. The van der Waals surface area contributed by atoms with Crippen LogP contribution in [-0.2, 0) is 6.18 Å². The van der Waals surface area contributed by atoms with E-state index in [4.69, 9.17) is 4.74 Å². The molecule has 3 aromatic carbocycles. The molecule has 32 heavy (non-hydrogen) atoms. The van der Waals surface area contributed by atoms with Gasteiger partial charge in [-0.15, -0.1) is 0 Å². The zero-order chi connectivity index (χ0) is 22.6. The van der Waals surface area contributed by atoms with Crippen LogP contribution in [0.4, 0.5) is 23.2 Å². The van der Waals surface area contributed by atoms with Gasteiger partial charge in [-0.3, -0.25) is 4.90 Å². The van der Waals surface area contributed by atoms with E-state index in [2.05, 4.69) is 4.90 Å². The lowest BCUT2D eigenvalue weighted by Crippen LogP contribution is -2.48. The minimum Gasteiger partial charge on any atom is -0.484 e. The molecule has 1 fully saturated rings. The van der Waals surface area contributed by atoms with Crippen LogP contribution in [0.1, 0.15) is 17.2 Å². The number of hydrogen-bond donors (Lipinski definition) is 0. The second-order valence-electron chi connectivity index (χ2n) is 7.81. The highest BCUT2D eigenvalue weighted by Crippen LogP contribution is 2.32. The molecule has 1 aliphatic heterocycles. The average Bonchev–Trinajstić information content (AvgIpc) is 2.81. The van der Waals surface area contributed by atoms with Crippen molar-refractivity contribution in [3.05, 3.63) is 95.8 Å². The molecule has 1 saturated heterocycles. The monoisotopic (exact) mass is 444 g/mol. The molecule has 0 N–H and O–H groups in total. The number of ether oxygens (including phenoxy) is 1. The summed E-state index contributed by atoms with van der Waals surface area (Å²) in [5, 5.41) is 0. The van der Waals surface area contributed by atoms with E-state index in [1.54, 1.807) is 18.2 Å². The predicted molar refractivity (Wildman–Crippen MR) is 116 cm³/mol. The van der Waals surface area contributed by atoms with Crippen molar-refractivity contribution in [2.75, 3.05) is 37.6 Å².